The lowest BCUT2D eigenvalue weighted by molar-refractivity contribution is -0.115. The zero-order valence-corrected chi connectivity index (χ0v) is 23.1. The Balaban J connectivity index is 0.000000143. The van der Waals surface area contributed by atoms with Crippen LogP contribution in [0, 0.1) is 11.8 Å². The van der Waals surface area contributed by atoms with Gasteiger partial charge in [-0.3, -0.25) is 9.59 Å². The number of carbonyl (C=O) groups is 2. The van der Waals surface area contributed by atoms with E-state index in [0.29, 0.717) is 5.02 Å². The van der Waals surface area contributed by atoms with Crippen LogP contribution >= 0.6 is 34.8 Å². The summed E-state index contributed by atoms with van der Waals surface area (Å²) in [6.07, 6.45) is 15.1. The van der Waals surface area contributed by atoms with Gasteiger partial charge in [-0.2, -0.15) is 0 Å². The summed E-state index contributed by atoms with van der Waals surface area (Å²) in [5, 5.41) is 3.45. The van der Waals surface area contributed by atoms with E-state index in [1.807, 2.05) is 54.9 Å². The molecule has 0 unspecified atom stereocenters. The maximum absolute atomic E-state index is 12.5. The van der Waals surface area contributed by atoms with Crippen molar-refractivity contribution in [2.75, 3.05) is 0 Å². The van der Waals surface area contributed by atoms with E-state index in [1.165, 1.54) is 38.5 Å². The summed E-state index contributed by atoms with van der Waals surface area (Å²) in [4.78, 5) is 29.3. The number of H-pyrrole nitrogens is 2. The van der Waals surface area contributed by atoms with Gasteiger partial charge in [-0.15, -0.1) is 0 Å². The maximum atomic E-state index is 12.5. The van der Waals surface area contributed by atoms with Gasteiger partial charge in [0.1, 0.15) is 0 Å². The standard InChI is InChI=1S/C15H16ClNO.C8H6ClN.C7H11ClO/c16-11-6-7-14-12(8-11)13(9-17-14)15(18)10-4-2-1-3-5-10;9-7-1-2-8-6(5-7)3-4-10-8;8-7(9)6-4-2-1-3-5-6/h6-10,17H,1-5H2;1-5,10H;6H,1-5H2. The van der Waals surface area contributed by atoms with Crippen molar-refractivity contribution in [2.45, 2.75) is 64.2 Å². The van der Waals surface area contributed by atoms with Gasteiger partial charge < -0.3 is 9.97 Å². The number of hydrogen-bond donors (Lipinski definition) is 2. The van der Waals surface area contributed by atoms with E-state index in [2.05, 4.69) is 9.97 Å². The third-order valence-corrected chi connectivity index (χ3v) is 8.11. The molecule has 0 aliphatic heterocycles. The van der Waals surface area contributed by atoms with E-state index in [4.69, 9.17) is 34.8 Å². The molecule has 0 bridgehead atoms. The monoisotopic (exact) mass is 558 g/mol. The molecule has 2 aromatic heterocycles. The van der Waals surface area contributed by atoms with Crippen molar-refractivity contribution >= 4 is 67.6 Å². The van der Waals surface area contributed by atoms with Gasteiger partial charge in [0.05, 0.1) is 0 Å². The van der Waals surface area contributed by atoms with Crippen LogP contribution in [0.5, 0.6) is 0 Å². The summed E-state index contributed by atoms with van der Waals surface area (Å²) in [5.41, 5.74) is 2.92. The molecule has 0 saturated heterocycles. The average Bonchev–Trinajstić information content (AvgIpc) is 3.56. The van der Waals surface area contributed by atoms with E-state index < -0.39 is 0 Å². The normalized spacial score (nSPS) is 16.5. The number of halogens is 3. The van der Waals surface area contributed by atoms with Crippen molar-refractivity contribution in [3.8, 4) is 0 Å². The number of ketones is 1. The van der Waals surface area contributed by atoms with Gasteiger partial charge in [0.25, 0.3) is 0 Å². The van der Waals surface area contributed by atoms with Crippen LogP contribution < -0.4 is 0 Å². The highest BCUT2D eigenvalue weighted by molar-refractivity contribution is 6.63. The minimum Gasteiger partial charge on any atom is -0.361 e. The van der Waals surface area contributed by atoms with Crippen molar-refractivity contribution < 1.29 is 9.59 Å². The number of aromatic nitrogens is 2. The summed E-state index contributed by atoms with van der Waals surface area (Å²) in [6, 6.07) is 13.4. The highest BCUT2D eigenvalue weighted by atomic mass is 35.5. The third-order valence-electron chi connectivity index (χ3n) is 7.33. The van der Waals surface area contributed by atoms with E-state index in [-0.39, 0.29) is 22.9 Å². The lowest BCUT2D eigenvalue weighted by Gasteiger charge is -2.19. The van der Waals surface area contributed by atoms with Gasteiger partial charge in [0.2, 0.25) is 5.24 Å². The van der Waals surface area contributed by atoms with E-state index in [0.717, 1.165) is 58.1 Å². The zero-order valence-electron chi connectivity index (χ0n) is 20.9. The number of benzene rings is 2. The topological polar surface area (TPSA) is 65.7 Å². The Kier molecular flexibility index (Phi) is 10.1. The van der Waals surface area contributed by atoms with Gasteiger partial charge >= 0.3 is 0 Å². The zero-order chi connectivity index (χ0) is 26.2. The fourth-order valence-corrected chi connectivity index (χ4v) is 5.81. The first-order valence-electron chi connectivity index (χ1n) is 13.1. The Hall–Kier alpha value is -2.27. The average molecular weight is 560 g/mol. The number of hydrogen-bond acceptors (Lipinski definition) is 2. The molecule has 7 heteroatoms. The number of fused-ring (bicyclic) bond motifs is 2. The lowest BCUT2D eigenvalue weighted by Crippen LogP contribution is -2.17. The van der Waals surface area contributed by atoms with Crippen molar-refractivity contribution in [3.05, 3.63) is 70.5 Å². The fraction of sp³-hybridized carbons (Fsp3) is 0.400. The van der Waals surface area contributed by atoms with Gasteiger partial charge in [-0.1, -0.05) is 61.7 Å². The second kappa shape index (κ2) is 13.5. The largest absolute Gasteiger partial charge is 0.361 e. The van der Waals surface area contributed by atoms with Crippen molar-refractivity contribution in [1.29, 1.82) is 0 Å². The summed E-state index contributed by atoms with van der Waals surface area (Å²) in [6.45, 7) is 0. The molecule has 37 heavy (non-hydrogen) atoms. The molecule has 2 aromatic carbocycles. The van der Waals surface area contributed by atoms with Gasteiger partial charge in [0.15, 0.2) is 5.78 Å². The molecule has 2 heterocycles. The molecule has 0 spiro atoms. The van der Waals surface area contributed by atoms with Crippen LogP contribution in [0.25, 0.3) is 21.8 Å². The second-order valence-corrected chi connectivity index (χ2v) is 11.2. The molecular formula is C30H33Cl3N2O2. The van der Waals surface area contributed by atoms with E-state index in [1.54, 1.807) is 0 Å². The molecule has 4 nitrogen and oxygen atoms in total. The minimum atomic E-state index is -0.130. The first-order valence-corrected chi connectivity index (χ1v) is 14.3. The van der Waals surface area contributed by atoms with Crippen molar-refractivity contribution in [3.63, 3.8) is 0 Å². The van der Waals surface area contributed by atoms with Crippen LogP contribution in [0.15, 0.2) is 54.9 Å². The van der Waals surface area contributed by atoms with Crippen LogP contribution in [0.3, 0.4) is 0 Å². The van der Waals surface area contributed by atoms with E-state index >= 15 is 0 Å². The lowest BCUT2D eigenvalue weighted by atomic mass is 9.84. The molecule has 0 atom stereocenters. The van der Waals surface area contributed by atoms with E-state index in [9.17, 15) is 9.59 Å². The van der Waals surface area contributed by atoms with Crippen LogP contribution in [0.2, 0.25) is 10.0 Å². The molecule has 2 aliphatic rings. The van der Waals surface area contributed by atoms with Crippen molar-refractivity contribution in [2.24, 2.45) is 11.8 Å². The minimum absolute atomic E-state index is 0.130. The highest BCUT2D eigenvalue weighted by Gasteiger charge is 2.24. The number of nitrogens with one attached hydrogen (secondary N) is 2. The molecule has 6 rings (SSSR count). The van der Waals surface area contributed by atoms with Gasteiger partial charge in [-0.25, -0.2) is 0 Å². The second-order valence-electron chi connectivity index (χ2n) is 9.94. The first-order chi connectivity index (χ1) is 17.9. The Bertz CT molecular complexity index is 1330. The van der Waals surface area contributed by atoms with Crippen LogP contribution in [0.1, 0.15) is 74.6 Å². The number of aromatic amines is 2. The fourth-order valence-electron chi connectivity index (χ4n) is 5.24. The van der Waals surface area contributed by atoms with Crippen LogP contribution in [0.4, 0.5) is 0 Å². The van der Waals surface area contributed by atoms with Crippen molar-refractivity contribution in [1.82, 2.24) is 9.97 Å². The molecule has 196 valence electrons. The molecule has 2 fully saturated rings. The quantitative estimate of drug-likeness (QED) is 0.194. The van der Waals surface area contributed by atoms with Gasteiger partial charge in [0, 0.05) is 61.6 Å². The molecular weight excluding hydrogens is 527 g/mol. The summed E-state index contributed by atoms with van der Waals surface area (Å²) in [7, 11) is 0. The molecule has 2 saturated carbocycles. The third kappa shape index (κ3) is 7.63. The number of Topliss-reactive ketones (excluding diaryl/α,β-unsaturated/α-hetero) is 1. The predicted molar refractivity (Wildman–Crippen MR) is 155 cm³/mol. The summed E-state index contributed by atoms with van der Waals surface area (Å²) in [5.74, 6) is 0.667. The molecule has 0 radical (unpaired) electrons. The summed E-state index contributed by atoms with van der Waals surface area (Å²) < 4.78 is 0. The summed E-state index contributed by atoms with van der Waals surface area (Å²) >= 11 is 17.1. The van der Waals surface area contributed by atoms with Crippen LogP contribution in [-0.4, -0.2) is 21.0 Å². The molecule has 2 N–H and O–H groups in total. The first kappa shape index (κ1) is 27.8. The molecule has 2 aliphatic carbocycles. The number of carbonyl (C=O) groups excluding carboxylic acids is 2. The molecule has 4 aromatic rings. The molecule has 0 amide bonds. The van der Waals surface area contributed by atoms with Gasteiger partial charge in [-0.05, 0) is 79.7 Å². The maximum Gasteiger partial charge on any atom is 0.224 e. The van der Waals surface area contributed by atoms with Crippen LogP contribution in [-0.2, 0) is 4.79 Å². The highest BCUT2D eigenvalue weighted by Crippen LogP contribution is 2.30. The predicted octanol–water partition coefficient (Wildman–Crippen LogP) is 9.74. The Morgan fingerprint density at radius 3 is 1.92 bits per heavy atom. The smallest absolute Gasteiger partial charge is 0.224 e. The Morgan fingerprint density at radius 2 is 1.30 bits per heavy atom. The SMILES string of the molecule is Clc1ccc2[nH]ccc2c1.O=C(Cl)C1CCCCC1.O=C(c1c[nH]c2ccc(Cl)cc12)C1CCCCC1. The number of rotatable bonds is 3. The Morgan fingerprint density at radius 1 is 0.703 bits per heavy atom. The Labute approximate surface area is 233 Å².